The SMILES string of the molecule is CC(Cl)CCNCC1CN(C)CCO1. The Hall–Kier alpha value is 0.170. The van der Waals surface area contributed by atoms with Crippen molar-refractivity contribution in [3.8, 4) is 0 Å². The Kier molecular flexibility index (Phi) is 5.78. The van der Waals surface area contributed by atoms with Gasteiger partial charge in [0.1, 0.15) is 0 Å². The average molecular weight is 221 g/mol. The van der Waals surface area contributed by atoms with Crippen LogP contribution in [-0.4, -0.2) is 56.2 Å². The van der Waals surface area contributed by atoms with Gasteiger partial charge in [-0.1, -0.05) is 0 Å². The summed E-state index contributed by atoms with van der Waals surface area (Å²) in [6.07, 6.45) is 1.36. The zero-order chi connectivity index (χ0) is 10.4. The molecule has 1 rings (SSSR count). The van der Waals surface area contributed by atoms with Gasteiger partial charge in [0.05, 0.1) is 12.7 Å². The molecular weight excluding hydrogens is 200 g/mol. The second-order valence-corrected chi connectivity index (χ2v) is 4.77. The van der Waals surface area contributed by atoms with Crippen molar-refractivity contribution in [2.75, 3.05) is 39.8 Å². The third-order valence-electron chi connectivity index (χ3n) is 2.43. The van der Waals surface area contributed by atoms with Gasteiger partial charge in [0, 0.05) is 25.0 Å². The molecule has 2 unspecified atom stereocenters. The number of likely N-dealkylation sites (N-methyl/N-ethyl adjacent to an activating group) is 1. The van der Waals surface area contributed by atoms with Crippen LogP contribution < -0.4 is 5.32 Å². The van der Waals surface area contributed by atoms with Gasteiger partial charge in [0.2, 0.25) is 0 Å². The van der Waals surface area contributed by atoms with Gasteiger partial charge in [-0.3, -0.25) is 0 Å². The average Bonchev–Trinajstić information content (AvgIpc) is 2.12. The maximum absolute atomic E-state index is 5.84. The third kappa shape index (κ3) is 5.15. The first-order chi connectivity index (χ1) is 6.68. The van der Waals surface area contributed by atoms with E-state index < -0.39 is 0 Å². The molecule has 0 spiro atoms. The summed E-state index contributed by atoms with van der Waals surface area (Å²) in [7, 11) is 2.14. The van der Waals surface area contributed by atoms with Crippen LogP contribution in [0.2, 0.25) is 0 Å². The number of rotatable bonds is 5. The number of ether oxygens (including phenoxy) is 1. The molecule has 0 aromatic heterocycles. The van der Waals surface area contributed by atoms with Gasteiger partial charge in [-0.05, 0) is 26.9 Å². The summed E-state index contributed by atoms with van der Waals surface area (Å²) < 4.78 is 5.62. The van der Waals surface area contributed by atoms with Gasteiger partial charge >= 0.3 is 0 Å². The highest BCUT2D eigenvalue weighted by atomic mass is 35.5. The molecule has 4 heteroatoms. The van der Waals surface area contributed by atoms with Crippen LogP contribution in [0.1, 0.15) is 13.3 Å². The molecule has 0 aromatic carbocycles. The Balaban J connectivity index is 2.00. The number of nitrogens with zero attached hydrogens (tertiary/aromatic N) is 1. The van der Waals surface area contributed by atoms with Crippen molar-refractivity contribution in [1.82, 2.24) is 10.2 Å². The fourth-order valence-corrected chi connectivity index (χ4v) is 1.66. The van der Waals surface area contributed by atoms with Crippen molar-refractivity contribution in [1.29, 1.82) is 0 Å². The molecule has 2 atom stereocenters. The monoisotopic (exact) mass is 220 g/mol. The molecule has 3 nitrogen and oxygen atoms in total. The molecule has 84 valence electrons. The van der Waals surface area contributed by atoms with E-state index in [4.69, 9.17) is 16.3 Å². The first-order valence-corrected chi connectivity index (χ1v) is 5.77. The van der Waals surface area contributed by atoms with Gasteiger partial charge in [-0.15, -0.1) is 11.6 Å². The van der Waals surface area contributed by atoms with E-state index >= 15 is 0 Å². The number of halogens is 1. The summed E-state index contributed by atoms with van der Waals surface area (Å²) in [6.45, 7) is 6.88. The summed E-state index contributed by atoms with van der Waals surface area (Å²) in [5.41, 5.74) is 0. The molecule has 0 aliphatic carbocycles. The molecule has 0 aromatic rings. The van der Waals surface area contributed by atoms with Gasteiger partial charge in [0.15, 0.2) is 0 Å². The number of alkyl halides is 1. The van der Waals surface area contributed by atoms with E-state index in [1.165, 1.54) is 0 Å². The molecule has 0 radical (unpaired) electrons. The lowest BCUT2D eigenvalue weighted by Crippen LogP contribution is -2.45. The fourth-order valence-electron chi connectivity index (χ4n) is 1.55. The standard InChI is InChI=1S/C10H21ClN2O/c1-9(11)3-4-12-7-10-8-13(2)5-6-14-10/h9-10,12H,3-8H2,1-2H3. The molecule has 1 aliphatic heterocycles. The zero-order valence-corrected chi connectivity index (χ0v) is 9.89. The molecule has 1 N–H and O–H groups in total. The lowest BCUT2D eigenvalue weighted by Gasteiger charge is -2.30. The van der Waals surface area contributed by atoms with Gasteiger partial charge in [-0.25, -0.2) is 0 Å². The van der Waals surface area contributed by atoms with Crippen molar-refractivity contribution in [3.63, 3.8) is 0 Å². The van der Waals surface area contributed by atoms with Crippen molar-refractivity contribution in [3.05, 3.63) is 0 Å². The lowest BCUT2D eigenvalue weighted by molar-refractivity contribution is -0.0180. The largest absolute Gasteiger partial charge is 0.374 e. The fraction of sp³-hybridized carbons (Fsp3) is 1.00. The highest BCUT2D eigenvalue weighted by Crippen LogP contribution is 2.02. The highest BCUT2D eigenvalue weighted by Gasteiger charge is 2.16. The first kappa shape index (κ1) is 12.2. The Morgan fingerprint density at radius 2 is 2.43 bits per heavy atom. The predicted molar refractivity (Wildman–Crippen MR) is 60.0 cm³/mol. The van der Waals surface area contributed by atoms with E-state index in [0.29, 0.717) is 6.10 Å². The highest BCUT2D eigenvalue weighted by molar-refractivity contribution is 6.20. The Labute approximate surface area is 91.7 Å². The molecule has 1 heterocycles. The Morgan fingerprint density at radius 3 is 3.07 bits per heavy atom. The Bertz CT molecular complexity index is 155. The molecule has 1 fully saturated rings. The topological polar surface area (TPSA) is 24.5 Å². The summed E-state index contributed by atoms with van der Waals surface area (Å²) in [5.74, 6) is 0. The van der Waals surface area contributed by atoms with Crippen molar-refractivity contribution < 1.29 is 4.74 Å². The van der Waals surface area contributed by atoms with E-state index in [-0.39, 0.29) is 5.38 Å². The van der Waals surface area contributed by atoms with Crippen molar-refractivity contribution in [2.45, 2.75) is 24.8 Å². The van der Waals surface area contributed by atoms with Crippen LogP contribution in [0.25, 0.3) is 0 Å². The zero-order valence-electron chi connectivity index (χ0n) is 9.13. The molecule has 0 amide bonds. The van der Waals surface area contributed by atoms with Crippen LogP contribution in [0.15, 0.2) is 0 Å². The van der Waals surface area contributed by atoms with Crippen LogP contribution in [0.4, 0.5) is 0 Å². The normalized spacial score (nSPS) is 26.4. The maximum atomic E-state index is 5.84. The van der Waals surface area contributed by atoms with Crippen molar-refractivity contribution >= 4 is 11.6 Å². The number of morpholine rings is 1. The minimum Gasteiger partial charge on any atom is -0.374 e. The van der Waals surface area contributed by atoms with Crippen LogP contribution >= 0.6 is 11.6 Å². The summed E-state index contributed by atoms with van der Waals surface area (Å²) >= 11 is 5.84. The predicted octanol–water partition coefficient (Wildman–Crippen LogP) is 0.924. The second-order valence-electron chi connectivity index (χ2n) is 4.03. The smallest absolute Gasteiger partial charge is 0.0826 e. The van der Waals surface area contributed by atoms with Crippen LogP contribution in [0.3, 0.4) is 0 Å². The summed E-state index contributed by atoms with van der Waals surface area (Å²) in [5, 5.41) is 3.63. The van der Waals surface area contributed by atoms with Crippen molar-refractivity contribution in [2.24, 2.45) is 0 Å². The molecule has 1 aliphatic rings. The van der Waals surface area contributed by atoms with E-state index in [2.05, 4.69) is 17.3 Å². The third-order valence-corrected chi connectivity index (χ3v) is 2.65. The minimum absolute atomic E-state index is 0.262. The van der Waals surface area contributed by atoms with Crippen LogP contribution in [0.5, 0.6) is 0 Å². The summed E-state index contributed by atoms with van der Waals surface area (Å²) in [4.78, 5) is 2.31. The van der Waals surface area contributed by atoms with Gasteiger partial charge in [-0.2, -0.15) is 0 Å². The molecule has 1 saturated heterocycles. The maximum Gasteiger partial charge on any atom is 0.0826 e. The molecule has 0 bridgehead atoms. The molecular formula is C10H21ClN2O. The minimum atomic E-state index is 0.262. The summed E-state index contributed by atoms with van der Waals surface area (Å²) in [6, 6.07) is 0. The van der Waals surface area contributed by atoms with Gasteiger partial charge in [0.25, 0.3) is 0 Å². The lowest BCUT2D eigenvalue weighted by atomic mass is 10.2. The first-order valence-electron chi connectivity index (χ1n) is 5.33. The van der Waals surface area contributed by atoms with E-state index in [1.807, 2.05) is 6.92 Å². The van der Waals surface area contributed by atoms with E-state index in [1.54, 1.807) is 0 Å². The van der Waals surface area contributed by atoms with Crippen LogP contribution in [0, 0.1) is 0 Å². The number of hydrogen-bond donors (Lipinski definition) is 1. The molecule has 14 heavy (non-hydrogen) atoms. The van der Waals surface area contributed by atoms with Crippen LogP contribution in [-0.2, 0) is 4.74 Å². The molecule has 0 saturated carbocycles. The number of nitrogens with one attached hydrogen (secondary N) is 1. The van der Waals surface area contributed by atoms with E-state index in [9.17, 15) is 0 Å². The van der Waals surface area contributed by atoms with Gasteiger partial charge < -0.3 is 15.0 Å². The quantitative estimate of drug-likeness (QED) is 0.551. The number of hydrogen-bond acceptors (Lipinski definition) is 3. The Morgan fingerprint density at radius 1 is 1.64 bits per heavy atom. The van der Waals surface area contributed by atoms with E-state index in [0.717, 1.165) is 39.2 Å². The second kappa shape index (κ2) is 6.62.